The molecule has 2 rings (SSSR count). The Morgan fingerprint density at radius 1 is 1.33 bits per heavy atom. The molecule has 0 bridgehead atoms. The zero-order valence-corrected chi connectivity index (χ0v) is 12.1. The van der Waals surface area contributed by atoms with Gasteiger partial charge in [0.15, 0.2) is 0 Å². The maximum atomic E-state index is 12.0. The number of aryl methyl sites for hydroxylation is 1. The number of benzene rings is 1. The molecule has 1 heterocycles. The van der Waals surface area contributed by atoms with E-state index in [4.69, 9.17) is 23.2 Å². The van der Waals surface area contributed by atoms with Crippen molar-refractivity contribution in [2.24, 2.45) is 0 Å². The number of carbonyl (C=O) groups is 1. The molecule has 7 nitrogen and oxygen atoms in total. The van der Waals surface area contributed by atoms with Crippen LogP contribution in [0, 0.1) is 17.0 Å². The summed E-state index contributed by atoms with van der Waals surface area (Å²) in [7, 11) is 0. The third kappa shape index (κ3) is 3.45. The molecule has 0 aliphatic rings. The molecular weight excluding hydrogens is 319 g/mol. The highest BCUT2D eigenvalue weighted by Gasteiger charge is 2.17. The van der Waals surface area contributed by atoms with Crippen molar-refractivity contribution >= 4 is 40.5 Å². The van der Waals surface area contributed by atoms with Gasteiger partial charge >= 0.3 is 0 Å². The molecular formula is C12H8Cl2N4O3. The van der Waals surface area contributed by atoms with Gasteiger partial charge in [0.1, 0.15) is 15.9 Å². The predicted molar refractivity (Wildman–Crippen MR) is 77.8 cm³/mol. The van der Waals surface area contributed by atoms with Gasteiger partial charge in [0.05, 0.1) is 17.3 Å². The van der Waals surface area contributed by atoms with E-state index in [2.05, 4.69) is 15.3 Å². The normalized spacial score (nSPS) is 10.2. The summed E-state index contributed by atoms with van der Waals surface area (Å²) in [5.74, 6) is -0.544. The van der Waals surface area contributed by atoms with Crippen LogP contribution in [0.1, 0.15) is 16.1 Å². The fourth-order valence-corrected chi connectivity index (χ4v) is 1.96. The molecule has 0 unspecified atom stereocenters. The minimum absolute atomic E-state index is 0.0244. The van der Waals surface area contributed by atoms with Crippen molar-refractivity contribution in [1.29, 1.82) is 0 Å². The van der Waals surface area contributed by atoms with Gasteiger partial charge in [-0.15, -0.1) is 0 Å². The SMILES string of the molecule is Cc1cc([N+](=O)[O-])c(Cl)cc1NC(=O)c1cncc(Cl)n1. The number of amides is 1. The lowest BCUT2D eigenvalue weighted by Gasteiger charge is -2.08. The summed E-state index contributed by atoms with van der Waals surface area (Å²) in [5, 5.41) is 13.3. The maximum absolute atomic E-state index is 12.0. The first-order valence-corrected chi connectivity index (χ1v) is 6.37. The molecule has 1 aromatic carbocycles. The number of nitrogens with one attached hydrogen (secondary N) is 1. The second-order valence-electron chi connectivity index (χ2n) is 4.06. The second-order valence-corrected chi connectivity index (χ2v) is 4.85. The average molecular weight is 327 g/mol. The first-order valence-electron chi connectivity index (χ1n) is 5.62. The molecule has 2 aromatic rings. The van der Waals surface area contributed by atoms with Crippen molar-refractivity contribution in [3.63, 3.8) is 0 Å². The van der Waals surface area contributed by atoms with E-state index in [1.54, 1.807) is 6.92 Å². The van der Waals surface area contributed by atoms with Gasteiger partial charge in [-0.3, -0.25) is 19.9 Å². The Morgan fingerprint density at radius 2 is 2.05 bits per heavy atom. The minimum atomic E-state index is -0.594. The van der Waals surface area contributed by atoms with Crippen LogP contribution in [0.15, 0.2) is 24.5 Å². The quantitative estimate of drug-likeness (QED) is 0.689. The lowest BCUT2D eigenvalue weighted by atomic mass is 10.1. The van der Waals surface area contributed by atoms with Crippen LogP contribution in [-0.4, -0.2) is 20.8 Å². The van der Waals surface area contributed by atoms with Crippen molar-refractivity contribution in [2.75, 3.05) is 5.32 Å². The van der Waals surface area contributed by atoms with E-state index in [1.165, 1.54) is 24.5 Å². The molecule has 21 heavy (non-hydrogen) atoms. The Hall–Kier alpha value is -2.25. The van der Waals surface area contributed by atoms with E-state index in [0.717, 1.165) is 0 Å². The summed E-state index contributed by atoms with van der Waals surface area (Å²) in [6, 6.07) is 2.59. The number of nitrogens with zero attached hydrogens (tertiary/aromatic N) is 3. The van der Waals surface area contributed by atoms with Gasteiger partial charge in [0.2, 0.25) is 0 Å². The second kappa shape index (κ2) is 6.02. The molecule has 0 spiro atoms. The minimum Gasteiger partial charge on any atom is -0.320 e. The van der Waals surface area contributed by atoms with Gasteiger partial charge in [-0.2, -0.15) is 0 Å². The van der Waals surface area contributed by atoms with E-state index in [9.17, 15) is 14.9 Å². The number of nitro groups is 1. The van der Waals surface area contributed by atoms with Crippen molar-refractivity contribution in [3.8, 4) is 0 Å². The lowest BCUT2D eigenvalue weighted by molar-refractivity contribution is -0.384. The molecule has 0 aliphatic carbocycles. The Bertz CT molecular complexity index is 736. The van der Waals surface area contributed by atoms with E-state index < -0.39 is 10.8 Å². The summed E-state index contributed by atoms with van der Waals surface area (Å²) >= 11 is 11.5. The van der Waals surface area contributed by atoms with Crippen LogP contribution in [-0.2, 0) is 0 Å². The Kier molecular flexibility index (Phi) is 4.35. The van der Waals surface area contributed by atoms with Crippen molar-refractivity contribution in [1.82, 2.24) is 9.97 Å². The van der Waals surface area contributed by atoms with Crippen LogP contribution < -0.4 is 5.32 Å². The molecule has 108 valence electrons. The average Bonchev–Trinajstić information content (AvgIpc) is 2.42. The fraction of sp³-hybridized carbons (Fsp3) is 0.0833. The zero-order chi connectivity index (χ0) is 15.6. The predicted octanol–water partition coefficient (Wildman–Crippen LogP) is 3.25. The highest BCUT2D eigenvalue weighted by molar-refractivity contribution is 6.33. The third-order valence-corrected chi connectivity index (χ3v) is 3.06. The van der Waals surface area contributed by atoms with Crippen molar-refractivity contribution < 1.29 is 9.72 Å². The smallest absolute Gasteiger partial charge is 0.288 e. The molecule has 1 amide bonds. The highest BCUT2D eigenvalue weighted by Crippen LogP contribution is 2.30. The number of carbonyl (C=O) groups excluding carboxylic acids is 1. The van der Waals surface area contributed by atoms with Crippen LogP contribution in [0.3, 0.4) is 0 Å². The van der Waals surface area contributed by atoms with Gasteiger partial charge in [-0.05, 0) is 18.6 Å². The van der Waals surface area contributed by atoms with E-state index >= 15 is 0 Å². The fourth-order valence-electron chi connectivity index (χ4n) is 1.58. The summed E-state index contributed by atoms with van der Waals surface area (Å²) < 4.78 is 0. The largest absolute Gasteiger partial charge is 0.320 e. The van der Waals surface area contributed by atoms with Crippen molar-refractivity contribution in [3.05, 3.63) is 56.1 Å². The summed E-state index contributed by atoms with van der Waals surface area (Å²) in [6.45, 7) is 1.61. The first kappa shape index (κ1) is 15.1. The van der Waals surface area contributed by atoms with Crippen molar-refractivity contribution in [2.45, 2.75) is 6.92 Å². The number of aromatic nitrogens is 2. The number of rotatable bonds is 3. The molecule has 1 aromatic heterocycles. The number of hydrogen-bond donors (Lipinski definition) is 1. The van der Waals surface area contributed by atoms with Gasteiger partial charge in [-0.25, -0.2) is 4.98 Å². The molecule has 0 atom stereocenters. The highest BCUT2D eigenvalue weighted by atomic mass is 35.5. The van der Waals surface area contributed by atoms with Crippen LogP contribution in [0.25, 0.3) is 0 Å². The number of anilines is 1. The molecule has 0 radical (unpaired) electrons. The lowest BCUT2D eigenvalue weighted by Crippen LogP contribution is -2.15. The summed E-state index contributed by atoms with van der Waals surface area (Å²) in [4.78, 5) is 29.7. The Morgan fingerprint density at radius 3 is 2.67 bits per heavy atom. The molecule has 0 aliphatic heterocycles. The van der Waals surface area contributed by atoms with Crippen LogP contribution in [0.2, 0.25) is 10.2 Å². The molecule has 0 saturated heterocycles. The summed E-state index contributed by atoms with van der Waals surface area (Å²) in [5.41, 5.74) is 0.637. The summed E-state index contributed by atoms with van der Waals surface area (Å²) in [6.07, 6.45) is 2.55. The van der Waals surface area contributed by atoms with Crippen LogP contribution >= 0.6 is 23.2 Å². The zero-order valence-electron chi connectivity index (χ0n) is 10.6. The van der Waals surface area contributed by atoms with E-state index in [-0.39, 0.29) is 21.6 Å². The Balaban J connectivity index is 2.30. The first-order chi connectivity index (χ1) is 9.88. The molecule has 1 N–H and O–H groups in total. The topological polar surface area (TPSA) is 98.0 Å². The number of nitro benzene ring substituents is 1. The Labute approximate surface area is 129 Å². The molecule has 0 fully saturated rings. The van der Waals surface area contributed by atoms with Crippen LogP contribution in [0.5, 0.6) is 0 Å². The number of halogens is 2. The van der Waals surface area contributed by atoms with Gasteiger partial charge in [-0.1, -0.05) is 23.2 Å². The molecule has 0 saturated carbocycles. The van der Waals surface area contributed by atoms with Gasteiger partial charge in [0, 0.05) is 11.8 Å². The monoisotopic (exact) mass is 326 g/mol. The number of hydrogen-bond acceptors (Lipinski definition) is 5. The maximum Gasteiger partial charge on any atom is 0.288 e. The van der Waals surface area contributed by atoms with E-state index in [0.29, 0.717) is 11.3 Å². The van der Waals surface area contributed by atoms with Gasteiger partial charge in [0.25, 0.3) is 11.6 Å². The third-order valence-electron chi connectivity index (χ3n) is 2.58. The van der Waals surface area contributed by atoms with Crippen LogP contribution in [0.4, 0.5) is 11.4 Å². The standard InChI is InChI=1S/C12H8Cl2N4O3/c1-6-2-10(18(20)21)7(13)3-8(6)17-12(19)9-4-15-5-11(14)16-9/h2-5H,1H3,(H,17,19). The van der Waals surface area contributed by atoms with Gasteiger partial charge < -0.3 is 5.32 Å². The van der Waals surface area contributed by atoms with E-state index in [1.807, 2.05) is 0 Å². The molecule has 9 heteroatoms.